The predicted molar refractivity (Wildman–Crippen MR) is 59.7 cm³/mol. The largest absolute Gasteiger partial charge is 0.309 e. The quantitative estimate of drug-likeness (QED) is 0.700. The number of hydrogen-bond acceptors (Lipinski definition) is 1. The molecule has 1 aliphatic rings. The van der Waals surface area contributed by atoms with Crippen LogP contribution >= 0.6 is 0 Å². The number of benzene rings is 1. The van der Waals surface area contributed by atoms with Crippen LogP contribution in [0.4, 0.5) is 0 Å². The van der Waals surface area contributed by atoms with Gasteiger partial charge >= 0.3 is 0 Å². The van der Waals surface area contributed by atoms with Crippen molar-refractivity contribution >= 4 is 0 Å². The molecule has 0 saturated carbocycles. The Labute approximate surface area is 86.7 Å². The fraction of sp³-hybridized carbons (Fsp3) is 0.308. The van der Waals surface area contributed by atoms with Gasteiger partial charge in [0.2, 0.25) is 0 Å². The Balaban J connectivity index is 2.03. The zero-order chi connectivity index (χ0) is 9.97. The smallest absolute Gasteiger partial charge is 0.0106 e. The Morgan fingerprint density at radius 3 is 2.64 bits per heavy atom. The maximum absolute atomic E-state index is 2.24. The summed E-state index contributed by atoms with van der Waals surface area (Å²) in [6.07, 6.45) is 5.59. The summed E-state index contributed by atoms with van der Waals surface area (Å²) >= 11 is 0. The minimum absolute atomic E-state index is 1.12. The maximum Gasteiger partial charge on any atom is 0.0106 e. The third-order valence-corrected chi connectivity index (χ3v) is 2.60. The highest BCUT2D eigenvalue weighted by Gasteiger charge is 2.22. The van der Waals surface area contributed by atoms with Gasteiger partial charge < -0.3 is 4.90 Å². The van der Waals surface area contributed by atoms with Crippen molar-refractivity contribution in [1.82, 2.24) is 4.90 Å². The first-order chi connectivity index (χ1) is 6.77. The van der Waals surface area contributed by atoms with Gasteiger partial charge in [-0.05, 0) is 51.0 Å². The maximum atomic E-state index is 2.24. The third-order valence-electron chi connectivity index (χ3n) is 2.60. The van der Waals surface area contributed by atoms with Crippen molar-refractivity contribution in [3.05, 3.63) is 54.2 Å². The van der Waals surface area contributed by atoms with Crippen molar-refractivity contribution in [3.63, 3.8) is 0 Å². The van der Waals surface area contributed by atoms with E-state index in [1.807, 2.05) is 0 Å². The summed E-state index contributed by atoms with van der Waals surface area (Å²) in [5.74, 6) is 1.47. The fourth-order valence-corrected chi connectivity index (χ4v) is 1.78. The van der Waals surface area contributed by atoms with Crippen molar-refractivity contribution in [2.75, 3.05) is 20.6 Å². The lowest BCUT2D eigenvalue weighted by molar-refractivity contribution is 0.408. The Bertz CT molecular complexity index is 304. The molecule has 0 spiro atoms. The first-order valence-electron chi connectivity index (χ1n) is 5.05. The van der Waals surface area contributed by atoms with Crippen LogP contribution in [0.5, 0.6) is 0 Å². The molecule has 1 heteroatoms. The van der Waals surface area contributed by atoms with E-state index in [9.17, 15) is 0 Å². The summed E-state index contributed by atoms with van der Waals surface area (Å²) in [6, 6.07) is 8.59. The average Bonchev–Trinajstić information content (AvgIpc) is 2.58. The molecule has 1 aromatic rings. The van der Waals surface area contributed by atoms with Gasteiger partial charge in [0, 0.05) is 5.92 Å². The minimum Gasteiger partial charge on any atom is -0.309 e. The van der Waals surface area contributed by atoms with E-state index in [0.29, 0.717) is 0 Å². The molecule has 0 atom stereocenters. The normalized spacial score (nSPS) is 16.2. The SMILES string of the molecule is CN(C)CC[C]1[CH][CH]c2ccccc21. The topological polar surface area (TPSA) is 3.24 Å². The summed E-state index contributed by atoms with van der Waals surface area (Å²) in [5.41, 5.74) is 2.77. The van der Waals surface area contributed by atoms with Crippen LogP contribution in [0.15, 0.2) is 24.3 Å². The summed E-state index contributed by atoms with van der Waals surface area (Å²) in [4.78, 5) is 2.22. The van der Waals surface area contributed by atoms with Crippen molar-refractivity contribution in [3.8, 4) is 0 Å². The number of fused-ring (bicyclic) bond motifs is 1. The monoisotopic (exact) mass is 186 g/mol. The average molecular weight is 186 g/mol. The Morgan fingerprint density at radius 1 is 1.07 bits per heavy atom. The molecule has 0 unspecified atom stereocenters. The van der Waals surface area contributed by atoms with Gasteiger partial charge in [-0.15, -0.1) is 0 Å². The zero-order valence-electron chi connectivity index (χ0n) is 8.83. The lowest BCUT2D eigenvalue weighted by Crippen LogP contribution is -2.15. The zero-order valence-corrected chi connectivity index (χ0v) is 8.83. The molecule has 1 nitrogen and oxygen atoms in total. The molecule has 14 heavy (non-hydrogen) atoms. The van der Waals surface area contributed by atoms with Gasteiger partial charge in [0.1, 0.15) is 0 Å². The minimum atomic E-state index is 1.12. The first kappa shape index (κ1) is 9.72. The molecule has 1 aliphatic carbocycles. The van der Waals surface area contributed by atoms with E-state index < -0.39 is 0 Å². The molecule has 0 bridgehead atoms. The van der Waals surface area contributed by atoms with Gasteiger partial charge in [-0.3, -0.25) is 0 Å². The van der Waals surface area contributed by atoms with Gasteiger partial charge in [0.15, 0.2) is 0 Å². The van der Waals surface area contributed by atoms with E-state index in [4.69, 9.17) is 0 Å². The molecule has 73 valence electrons. The molecule has 3 radical (unpaired) electrons. The summed E-state index contributed by atoms with van der Waals surface area (Å²) in [6.45, 7) is 1.12. The van der Waals surface area contributed by atoms with E-state index in [2.05, 4.69) is 56.1 Å². The highest BCUT2D eigenvalue weighted by atomic mass is 15.0. The lowest BCUT2D eigenvalue weighted by Gasteiger charge is -2.14. The summed E-state index contributed by atoms with van der Waals surface area (Å²) in [7, 11) is 4.23. The van der Waals surface area contributed by atoms with Gasteiger partial charge in [0.25, 0.3) is 0 Å². The molecule has 0 amide bonds. The van der Waals surface area contributed by atoms with Crippen molar-refractivity contribution in [2.24, 2.45) is 0 Å². The van der Waals surface area contributed by atoms with Crippen molar-refractivity contribution < 1.29 is 0 Å². The van der Waals surface area contributed by atoms with Crippen molar-refractivity contribution in [1.29, 1.82) is 0 Å². The van der Waals surface area contributed by atoms with Crippen LogP contribution in [-0.2, 0) is 0 Å². The molecule has 0 aliphatic heterocycles. The second-order valence-corrected chi connectivity index (χ2v) is 4.00. The van der Waals surface area contributed by atoms with Gasteiger partial charge in [0.05, 0.1) is 0 Å². The van der Waals surface area contributed by atoms with Gasteiger partial charge in [-0.1, -0.05) is 24.3 Å². The molecule has 0 aromatic heterocycles. The highest BCUT2D eigenvalue weighted by molar-refractivity contribution is 5.55. The van der Waals surface area contributed by atoms with Crippen LogP contribution < -0.4 is 0 Å². The second-order valence-electron chi connectivity index (χ2n) is 4.00. The molecular weight excluding hydrogens is 170 g/mol. The lowest BCUT2D eigenvalue weighted by atomic mass is 9.98. The third kappa shape index (κ3) is 1.98. The van der Waals surface area contributed by atoms with Crippen molar-refractivity contribution in [2.45, 2.75) is 6.42 Å². The summed E-state index contributed by atoms with van der Waals surface area (Å²) < 4.78 is 0. The molecule has 1 aromatic carbocycles. The molecular formula is C13H16N. The second kappa shape index (κ2) is 4.14. The number of rotatable bonds is 3. The number of hydrogen-bond donors (Lipinski definition) is 0. The van der Waals surface area contributed by atoms with Crippen LogP contribution in [-0.4, -0.2) is 25.5 Å². The predicted octanol–water partition coefficient (Wildman–Crippen LogP) is 2.33. The molecule has 0 saturated heterocycles. The van der Waals surface area contributed by atoms with Crippen LogP contribution in [0, 0.1) is 18.8 Å². The molecule has 2 rings (SSSR count). The van der Waals surface area contributed by atoms with Crippen LogP contribution in [0.1, 0.15) is 17.5 Å². The van der Waals surface area contributed by atoms with Crippen LogP contribution in [0.2, 0.25) is 0 Å². The standard InChI is InChI=1S/C13H16N/c1-14(2)10-9-12-8-7-11-5-3-4-6-13(11)12/h3-8H,9-10H2,1-2H3. The van der Waals surface area contributed by atoms with E-state index in [1.165, 1.54) is 17.0 Å². The molecule has 0 heterocycles. The number of nitrogens with zero attached hydrogens (tertiary/aromatic N) is 1. The van der Waals surface area contributed by atoms with Crippen LogP contribution in [0.3, 0.4) is 0 Å². The highest BCUT2D eigenvalue weighted by Crippen LogP contribution is 2.34. The van der Waals surface area contributed by atoms with E-state index in [1.54, 1.807) is 0 Å². The Kier molecular flexibility index (Phi) is 2.87. The molecule has 0 fully saturated rings. The first-order valence-corrected chi connectivity index (χ1v) is 5.05. The fourth-order valence-electron chi connectivity index (χ4n) is 1.78. The van der Waals surface area contributed by atoms with Crippen LogP contribution in [0.25, 0.3) is 0 Å². The Morgan fingerprint density at radius 2 is 1.86 bits per heavy atom. The van der Waals surface area contributed by atoms with Gasteiger partial charge in [-0.25, -0.2) is 0 Å². The Hall–Kier alpha value is -0.820. The molecule has 0 N–H and O–H groups in total. The van der Waals surface area contributed by atoms with E-state index in [-0.39, 0.29) is 0 Å². The van der Waals surface area contributed by atoms with E-state index >= 15 is 0 Å². The van der Waals surface area contributed by atoms with E-state index in [0.717, 1.165) is 13.0 Å². The van der Waals surface area contributed by atoms with Gasteiger partial charge in [-0.2, -0.15) is 0 Å². The summed E-state index contributed by atoms with van der Waals surface area (Å²) in [5, 5.41) is 0.